The van der Waals surface area contributed by atoms with Crippen molar-refractivity contribution in [3.63, 3.8) is 0 Å². The third-order valence-electron chi connectivity index (χ3n) is 2.28. The Kier molecular flexibility index (Phi) is 13.7. The van der Waals surface area contributed by atoms with Gasteiger partial charge in [-0.25, -0.2) is 0 Å². The third-order valence-corrected chi connectivity index (χ3v) is 2.99. The monoisotopic (exact) mass is 348 g/mol. The van der Waals surface area contributed by atoms with Gasteiger partial charge in [0.05, 0.1) is 6.10 Å². The molecular formula is C12H20Cl4N2O. The molecule has 0 bridgehead atoms. The van der Waals surface area contributed by atoms with Crippen molar-refractivity contribution in [3.05, 3.63) is 33.8 Å². The second-order valence-corrected chi connectivity index (χ2v) is 4.74. The Bertz CT molecular complexity index is 330. The summed E-state index contributed by atoms with van der Waals surface area (Å²) in [5.41, 5.74) is 0.923. The van der Waals surface area contributed by atoms with Crippen LogP contribution in [0.3, 0.4) is 0 Å². The number of hydrogen-bond acceptors (Lipinski definition) is 3. The lowest BCUT2D eigenvalue weighted by molar-refractivity contribution is 0.191. The SMILES string of the molecule is CC(O)CNCCNCc1c(Cl)cccc1Cl.Cl.Cl. The highest BCUT2D eigenvalue weighted by Crippen LogP contribution is 2.23. The summed E-state index contributed by atoms with van der Waals surface area (Å²) in [6.45, 7) is 4.61. The Morgan fingerprint density at radius 2 is 1.63 bits per heavy atom. The first-order valence-corrected chi connectivity index (χ1v) is 6.39. The summed E-state index contributed by atoms with van der Waals surface area (Å²) >= 11 is 12.1. The third kappa shape index (κ3) is 8.92. The first-order valence-electron chi connectivity index (χ1n) is 5.63. The molecule has 0 spiro atoms. The highest BCUT2D eigenvalue weighted by atomic mass is 35.5. The minimum atomic E-state index is -0.312. The van der Waals surface area contributed by atoms with E-state index in [2.05, 4.69) is 10.6 Å². The zero-order chi connectivity index (χ0) is 12.7. The summed E-state index contributed by atoms with van der Waals surface area (Å²) in [5, 5.41) is 16.8. The van der Waals surface area contributed by atoms with E-state index in [-0.39, 0.29) is 30.9 Å². The van der Waals surface area contributed by atoms with Gasteiger partial charge in [0.2, 0.25) is 0 Å². The van der Waals surface area contributed by atoms with Crippen LogP contribution in [0.25, 0.3) is 0 Å². The highest BCUT2D eigenvalue weighted by molar-refractivity contribution is 6.35. The van der Waals surface area contributed by atoms with Crippen LogP contribution in [0.15, 0.2) is 18.2 Å². The Hall–Kier alpha value is 0.260. The van der Waals surface area contributed by atoms with Crippen LogP contribution in [0.5, 0.6) is 0 Å². The molecule has 19 heavy (non-hydrogen) atoms. The van der Waals surface area contributed by atoms with Crippen molar-refractivity contribution in [2.75, 3.05) is 19.6 Å². The van der Waals surface area contributed by atoms with Gasteiger partial charge in [0.15, 0.2) is 0 Å². The van der Waals surface area contributed by atoms with Gasteiger partial charge >= 0.3 is 0 Å². The van der Waals surface area contributed by atoms with Gasteiger partial charge in [0.25, 0.3) is 0 Å². The molecule has 0 aliphatic rings. The molecule has 3 N–H and O–H groups in total. The molecule has 0 saturated carbocycles. The summed E-state index contributed by atoms with van der Waals surface area (Å²) < 4.78 is 0. The molecular weight excluding hydrogens is 330 g/mol. The van der Waals surface area contributed by atoms with Crippen molar-refractivity contribution >= 4 is 48.0 Å². The van der Waals surface area contributed by atoms with E-state index < -0.39 is 0 Å². The van der Waals surface area contributed by atoms with Crippen LogP contribution in [0, 0.1) is 0 Å². The molecule has 1 unspecified atom stereocenters. The maximum Gasteiger partial charge on any atom is 0.0636 e. The van der Waals surface area contributed by atoms with Crippen LogP contribution in [-0.4, -0.2) is 30.8 Å². The fourth-order valence-electron chi connectivity index (χ4n) is 1.40. The first-order chi connectivity index (χ1) is 8.11. The zero-order valence-electron chi connectivity index (χ0n) is 10.7. The maximum atomic E-state index is 9.04. The van der Waals surface area contributed by atoms with Gasteiger partial charge in [-0.2, -0.15) is 0 Å². The van der Waals surface area contributed by atoms with Crippen molar-refractivity contribution in [2.24, 2.45) is 0 Å². The summed E-state index contributed by atoms with van der Waals surface area (Å²) in [7, 11) is 0. The number of aliphatic hydroxyl groups is 1. The van der Waals surface area contributed by atoms with Crippen molar-refractivity contribution in [3.8, 4) is 0 Å². The summed E-state index contributed by atoms with van der Waals surface area (Å²) in [5.74, 6) is 0. The summed E-state index contributed by atoms with van der Waals surface area (Å²) in [6.07, 6.45) is -0.312. The van der Waals surface area contributed by atoms with E-state index in [1.807, 2.05) is 18.2 Å². The molecule has 0 radical (unpaired) electrons. The van der Waals surface area contributed by atoms with Crippen molar-refractivity contribution in [1.82, 2.24) is 10.6 Å². The first kappa shape index (κ1) is 21.6. The summed E-state index contributed by atoms with van der Waals surface area (Å²) in [4.78, 5) is 0. The van der Waals surface area contributed by atoms with Crippen LogP contribution in [0.2, 0.25) is 10.0 Å². The molecule has 1 aromatic rings. The lowest BCUT2D eigenvalue weighted by Gasteiger charge is -2.10. The molecule has 7 heteroatoms. The maximum absolute atomic E-state index is 9.04. The van der Waals surface area contributed by atoms with Crippen molar-refractivity contribution in [1.29, 1.82) is 0 Å². The van der Waals surface area contributed by atoms with Gasteiger partial charge in [0.1, 0.15) is 0 Å². The normalized spacial score (nSPS) is 11.4. The second kappa shape index (κ2) is 12.0. The van der Waals surface area contributed by atoms with Gasteiger partial charge in [-0.3, -0.25) is 0 Å². The average molecular weight is 350 g/mol. The Morgan fingerprint density at radius 3 is 2.16 bits per heavy atom. The Labute approximate surface area is 136 Å². The number of aliphatic hydroxyl groups excluding tert-OH is 1. The van der Waals surface area contributed by atoms with Gasteiger partial charge in [0, 0.05) is 41.8 Å². The summed E-state index contributed by atoms with van der Waals surface area (Å²) in [6, 6.07) is 5.49. The quantitative estimate of drug-likeness (QED) is 0.663. The van der Waals surface area contributed by atoms with Crippen LogP contribution in [-0.2, 0) is 6.54 Å². The predicted octanol–water partition coefficient (Wildman–Crippen LogP) is 2.90. The molecule has 112 valence electrons. The minimum Gasteiger partial charge on any atom is -0.392 e. The molecule has 0 fully saturated rings. The van der Waals surface area contributed by atoms with E-state index >= 15 is 0 Å². The van der Waals surface area contributed by atoms with Gasteiger partial charge in [-0.15, -0.1) is 24.8 Å². The van der Waals surface area contributed by atoms with Crippen LogP contribution in [0.4, 0.5) is 0 Å². The van der Waals surface area contributed by atoms with Gasteiger partial charge in [-0.1, -0.05) is 29.3 Å². The molecule has 0 aliphatic carbocycles. The zero-order valence-corrected chi connectivity index (χ0v) is 13.8. The average Bonchev–Trinajstić information content (AvgIpc) is 2.26. The van der Waals surface area contributed by atoms with Crippen LogP contribution in [0.1, 0.15) is 12.5 Å². The van der Waals surface area contributed by atoms with Crippen molar-refractivity contribution in [2.45, 2.75) is 19.6 Å². The molecule has 1 atom stereocenters. The van der Waals surface area contributed by atoms with Crippen LogP contribution < -0.4 is 10.6 Å². The molecule has 1 rings (SSSR count). The Balaban J connectivity index is 0. The van der Waals surface area contributed by atoms with E-state index in [0.717, 1.165) is 18.7 Å². The minimum absolute atomic E-state index is 0. The fourth-order valence-corrected chi connectivity index (χ4v) is 1.93. The number of benzene rings is 1. The molecule has 0 aromatic heterocycles. The van der Waals surface area contributed by atoms with E-state index in [1.165, 1.54) is 0 Å². The number of hydrogen-bond donors (Lipinski definition) is 3. The van der Waals surface area contributed by atoms with E-state index in [4.69, 9.17) is 28.3 Å². The largest absolute Gasteiger partial charge is 0.392 e. The second-order valence-electron chi connectivity index (χ2n) is 3.93. The molecule has 0 amide bonds. The van der Waals surface area contributed by atoms with Crippen LogP contribution >= 0.6 is 48.0 Å². The number of nitrogens with one attached hydrogen (secondary N) is 2. The van der Waals surface area contributed by atoms with E-state index in [1.54, 1.807) is 6.92 Å². The lowest BCUT2D eigenvalue weighted by Crippen LogP contribution is -2.31. The highest BCUT2D eigenvalue weighted by Gasteiger charge is 2.04. The molecule has 0 saturated heterocycles. The smallest absolute Gasteiger partial charge is 0.0636 e. The number of rotatable bonds is 7. The van der Waals surface area contributed by atoms with Gasteiger partial charge in [-0.05, 0) is 19.1 Å². The number of halogens is 4. The van der Waals surface area contributed by atoms with Crippen molar-refractivity contribution < 1.29 is 5.11 Å². The molecule has 0 aliphatic heterocycles. The van der Waals surface area contributed by atoms with Gasteiger partial charge < -0.3 is 15.7 Å². The topological polar surface area (TPSA) is 44.3 Å². The fraction of sp³-hybridized carbons (Fsp3) is 0.500. The lowest BCUT2D eigenvalue weighted by atomic mass is 10.2. The molecule has 3 nitrogen and oxygen atoms in total. The predicted molar refractivity (Wildman–Crippen MR) is 87.2 cm³/mol. The standard InChI is InChI=1S/C12H18Cl2N2O.2ClH/c1-9(17)7-15-5-6-16-8-10-11(13)3-2-4-12(10)14;;/h2-4,9,15-17H,5-8H2,1H3;2*1H. The van der Waals surface area contributed by atoms with E-state index in [0.29, 0.717) is 23.1 Å². The van der Waals surface area contributed by atoms with E-state index in [9.17, 15) is 0 Å². The Morgan fingerprint density at radius 1 is 1.11 bits per heavy atom. The molecule has 1 aromatic carbocycles. The molecule has 0 heterocycles.